The minimum atomic E-state index is 0.182. The van der Waals surface area contributed by atoms with E-state index in [0.29, 0.717) is 11.6 Å². The van der Waals surface area contributed by atoms with Crippen molar-refractivity contribution in [3.8, 4) is 0 Å². The van der Waals surface area contributed by atoms with E-state index in [1.807, 2.05) is 10.8 Å². The molecule has 0 atom stereocenters. The van der Waals surface area contributed by atoms with Crippen molar-refractivity contribution in [3.63, 3.8) is 0 Å². The van der Waals surface area contributed by atoms with Gasteiger partial charge >= 0.3 is 0 Å². The molecule has 0 saturated heterocycles. The molecule has 0 unspecified atom stereocenters. The summed E-state index contributed by atoms with van der Waals surface area (Å²) in [6.45, 7) is 1.38. The number of fused-ring (bicyclic) bond motifs is 1. The number of halogens is 2. The maximum atomic E-state index is 11.7. The van der Waals surface area contributed by atoms with Crippen molar-refractivity contribution in [2.24, 2.45) is 5.92 Å². The number of rotatable bonds is 5. The van der Waals surface area contributed by atoms with Gasteiger partial charge in [0.15, 0.2) is 0 Å². The molecule has 0 aromatic carbocycles. The molecule has 0 aliphatic heterocycles. The van der Waals surface area contributed by atoms with Crippen LogP contribution in [-0.4, -0.2) is 27.0 Å². The Kier molecular flexibility index (Phi) is 4.31. The summed E-state index contributed by atoms with van der Waals surface area (Å²) < 4.78 is 1.95. The van der Waals surface area contributed by atoms with Gasteiger partial charge in [-0.3, -0.25) is 4.79 Å². The van der Waals surface area contributed by atoms with E-state index in [9.17, 15) is 4.79 Å². The first-order chi connectivity index (χ1) is 10.1. The Bertz CT molecular complexity index is 666. The van der Waals surface area contributed by atoms with Crippen LogP contribution in [0.15, 0.2) is 12.4 Å². The van der Waals surface area contributed by atoms with Gasteiger partial charge in [0.1, 0.15) is 5.65 Å². The minimum Gasteiger partial charge on any atom is -0.356 e. The van der Waals surface area contributed by atoms with Gasteiger partial charge in [0.25, 0.3) is 0 Å². The van der Waals surface area contributed by atoms with Gasteiger partial charge in [-0.25, -0.2) is 4.98 Å². The SMILES string of the molecule is O=C(NCCCn1cc(Cl)c2cnc(Cl)nc21)C1CCC1. The van der Waals surface area contributed by atoms with Crippen molar-refractivity contribution in [2.75, 3.05) is 6.54 Å². The summed E-state index contributed by atoms with van der Waals surface area (Å²) in [5.41, 5.74) is 0.727. The van der Waals surface area contributed by atoms with Gasteiger partial charge in [-0.1, -0.05) is 18.0 Å². The third kappa shape index (κ3) is 3.14. The zero-order valence-electron chi connectivity index (χ0n) is 11.5. The van der Waals surface area contributed by atoms with Gasteiger partial charge in [0.2, 0.25) is 11.2 Å². The quantitative estimate of drug-likeness (QED) is 0.678. The fourth-order valence-electron chi connectivity index (χ4n) is 2.45. The molecule has 2 heterocycles. The van der Waals surface area contributed by atoms with Crippen LogP contribution >= 0.6 is 23.2 Å². The van der Waals surface area contributed by atoms with Crippen LogP contribution in [0.2, 0.25) is 10.3 Å². The van der Waals surface area contributed by atoms with Crippen molar-refractivity contribution < 1.29 is 4.79 Å². The first-order valence-corrected chi connectivity index (χ1v) is 7.85. The Balaban J connectivity index is 1.57. The number of amides is 1. The van der Waals surface area contributed by atoms with Crippen molar-refractivity contribution in [1.29, 1.82) is 0 Å². The third-order valence-electron chi connectivity index (χ3n) is 3.89. The number of carbonyl (C=O) groups is 1. The van der Waals surface area contributed by atoms with Crippen molar-refractivity contribution >= 4 is 40.1 Å². The number of aryl methyl sites for hydroxylation is 1. The summed E-state index contributed by atoms with van der Waals surface area (Å²) in [5.74, 6) is 0.417. The summed E-state index contributed by atoms with van der Waals surface area (Å²) in [7, 11) is 0. The number of hydrogen-bond acceptors (Lipinski definition) is 3. The predicted octanol–water partition coefficient (Wildman–Crippen LogP) is 3.04. The normalized spacial score (nSPS) is 15.1. The van der Waals surface area contributed by atoms with E-state index < -0.39 is 0 Å². The first-order valence-electron chi connectivity index (χ1n) is 7.10. The van der Waals surface area contributed by atoms with E-state index in [4.69, 9.17) is 23.2 Å². The molecular weight excluding hydrogens is 311 g/mol. The monoisotopic (exact) mass is 326 g/mol. The Morgan fingerprint density at radius 3 is 2.95 bits per heavy atom. The average molecular weight is 327 g/mol. The van der Waals surface area contributed by atoms with E-state index in [1.54, 1.807) is 6.20 Å². The largest absolute Gasteiger partial charge is 0.356 e. The second-order valence-electron chi connectivity index (χ2n) is 5.32. The number of nitrogens with zero attached hydrogens (tertiary/aromatic N) is 3. The van der Waals surface area contributed by atoms with Gasteiger partial charge < -0.3 is 9.88 Å². The highest BCUT2D eigenvalue weighted by atomic mass is 35.5. The van der Waals surface area contributed by atoms with Crippen LogP contribution in [0.5, 0.6) is 0 Å². The number of carbonyl (C=O) groups excluding carboxylic acids is 1. The lowest BCUT2D eigenvalue weighted by molar-refractivity contribution is -0.127. The highest BCUT2D eigenvalue weighted by Crippen LogP contribution is 2.26. The molecule has 0 radical (unpaired) electrons. The summed E-state index contributed by atoms with van der Waals surface area (Å²) in [6, 6.07) is 0. The van der Waals surface area contributed by atoms with Gasteiger partial charge in [-0.15, -0.1) is 0 Å². The molecule has 112 valence electrons. The molecule has 2 aromatic rings. The maximum Gasteiger partial charge on any atom is 0.224 e. The van der Waals surface area contributed by atoms with Crippen LogP contribution in [-0.2, 0) is 11.3 Å². The number of aromatic nitrogens is 3. The molecule has 21 heavy (non-hydrogen) atoms. The van der Waals surface area contributed by atoms with Gasteiger partial charge in [0.05, 0.1) is 10.4 Å². The fraction of sp³-hybridized carbons (Fsp3) is 0.500. The smallest absolute Gasteiger partial charge is 0.224 e. The van der Waals surface area contributed by atoms with Crippen LogP contribution in [0.1, 0.15) is 25.7 Å². The third-order valence-corrected chi connectivity index (χ3v) is 4.37. The Labute approximate surface area is 132 Å². The molecule has 1 amide bonds. The van der Waals surface area contributed by atoms with Gasteiger partial charge in [0, 0.05) is 31.4 Å². The van der Waals surface area contributed by atoms with Gasteiger partial charge in [-0.05, 0) is 30.9 Å². The van der Waals surface area contributed by atoms with E-state index in [1.165, 1.54) is 6.42 Å². The molecular formula is C14H16Cl2N4O. The molecule has 1 fully saturated rings. The summed E-state index contributed by atoms with van der Waals surface area (Å²) >= 11 is 12.0. The summed E-state index contributed by atoms with van der Waals surface area (Å²) in [5, 5.41) is 4.58. The van der Waals surface area contributed by atoms with E-state index >= 15 is 0 Å². The van der Waals surface area contributed by atoms with Crippen LogP contribution in [0.25, 0.3) is 11.0 Å². The lowest BCUT2D eigenvalue weighted by atomic mass is 9.85. The zero-order chi connectivity index (χ0) is 14.8. The highest BCUT2D eigenvalue weighted by Gasteiger charge is 2.24. The molecule has 7 heteroatoms. The van der Waals surface area contributed by atoms with Crippen molar-refractivity contribution in [1.82, 2.24) is 19.9 Å². The molecule has 1 N–H and O–H groups in total. The zero-order valence-corrected chi connectivity index (χ0v) is 13.0. The topological polar surface area (TPSA) is 59.8 Å². The Morgan fingerprint density at radius 2 is 2.24 bits per heavy atom. The Hall–Kier alpha value is -1.33. The van der Waals surface area contributed by atoms with E-state index in [0.717, 1.165) is 36.8 Å². The molecule has 1 aliphatic carbocycles. The molecule has 5 nitrogen and oxygen atoms in total. The second kappa shape index (κ2) is 6.20. The van der Waals surface area contributed by atoms with Gasteiger partial charge in [-0.2, -0.15) is 4.98 Å². The van der Waals surface area contributed by atoms with Crippen LogP contribution in [0.4, 0.5) is 0 Å². The molecule has 0 spiro atoms. The fourth-order valence-corrected chi connectivity index (χ4v) is 2.83. The lowest BCUT2D eigenvalue weighted by Crippen LogP contribution is -2.35. The predicted molar refractivity (Wildman–Crippen MR) is 82.5 cm³/mol. The molecule has 3 rings (SSSR count). The molecule has 1 aliphatic rings. The average Bonchev–Trinajstić information content (AvgIpc) is 2.69. The standard InChI is InChI=1S/C14H16Cl2N4O/c15-11-8-20(12-10(11)7-18-14(16)19-12)6-2-5-17-13(21)9-3-1-4-9/h7-9H,1-6H2,(H,17,21). The lowest BCUT2D eigenvalue weighted by Gasteiger charge is -2.24. The highest BCUT2D eigenvalue weighted by molar-refractivity contribution is 6.35. The van der Waals surface area contributed by atoms with Crippen LogP contribution in [0, 0.1) is 5.92 Å². The summed E-state index contributed by atoms with van der Waals surface area (Å²) in [6.07, 6.45) is 7.50. The first kappa shape index (κ1) is 14.6. The van der Waals surface area contributed by atoms with Crippen molar-refractivity contribution in [3.05, 3.63) is 22.7 Å². The minimum absolute atomic E-state index is 0.182. The van der Waals surface area contributed by atoms with Crippen LogP contribution in [0.3, 0.4) is 0 Å². The van der Waals surface area contributed by atoms with Crippen LogP contribution < -0.4 is 5.32 Å². The number of nitrogens with one attached hydrogen (secondary N) is 1. The van der Waals surface area contributed by atoms with Crippen molar-refractivity contribution in [2.45, 2.75) is 32.2 Å². The maximum absolute atomic E-state index is 11.7. The second-order valence-corrected chi connectivity index (χ2v) is 6.06. The number of hydrogen-bond donors (Lipinski definition) is 1. The molecule has 0 bridgehead atoms. The van der Waals surface area contributed by atoms with E-state index in [2.05, 4.69) is 15.3 Å². The summed E-state index contributed by atoms with van der Waals surface area (Å²) in [4.78, 5) is 19.9. The molecule has 1 saturated carbocycles. The molecule has 2 aromatic heterocycles. The van der Waals surface area contributed by atoms with E-state index in [-0.39, 0.29) is 17.1 Å². The Morgan fingerprint density at radius 1 is 1.43 bits per heavy atom.